The van der Waals surface area contributed by atoms with E-state index in [9.17, 15) is 9.59 Å². The summed E-state index contributed by atoms with van der Waals surface area (Å²) >= 11 is 0. The van der Waals surface area contributed by atoms with Crippen molar-refractivity contribution in [1.82, 2.24) is 4.90 Å². The second-order valence-corrected chi connectivity index (χ2v) is 6.41. The van der Waals surface area contributed by atoms with Crippen molar-refractivity contribution in [2.75, 3.05) is 45.4 Å². The van der Waals surface area contributed by atoms with Gasteiger partial charge in [0.25, 0.3) is 0 Å². The third-order valence-corrected chi connectivity index (χ3v) is 4.71. The Hall–Kier alpha value is -2.28. The highest BCUT2D eigenvalue weighted by Crippen LogP contribution is 2.34. The summed E-state index contributed by atoms with van der Waals surface area (Å²) in [4.78, 5) is 28.6. The second-order valence-electron chi connectivity index (χ2n) is 6.41. The number of rotatable bonds is 4. The molecule has 0 unspecified atom stereocenters. The van der Waals surface area contributed by atoms with Gasteiger partial charge in [0.15, 0.2) is 11.5 Å². The van der Waals surface area contributed by atoms with Gasteiger partial charge in [-0.2, -0.15) is 0 Å². The number of anilines is 1. The zero-order valence-corrected chi connectivity index (χ0v) is 14.9. The summed E-state index contributed by atoms with van der Waals surface area (Å²) in [5.74, 6) is 0.835. The van der Waals surface area contributed by atoms with Crippen LogP contribution in [0.15, 0.2) is 18.2 Å². The molecule has 2 fully saturated rings. The van der Waals surface area contributed by atoms with E-state index in [1.165, 1.54) is 0 Å². The molecule has 1 aromatic rings. The van der Waals surface area contributed by atoms with Crippen LogP contribution in [-0.4, -0.2) is 63.3 Å². The fraction of sp³-hybridized carbons (Fsp3) is 0.556. The summed E-state index contributed by atoms with van der Waals surface area (Å²) in [6.07, 6.45) is 0.274. The highest BCUT2D eigenvalue weighted by atomic mass is 16.5. The molecule has 2 saturated heterocycles. The first-order valence-electron chi connectivity index (χ1n) is 8.46. The monoisotopic (exact) mass is 348 g/mol. The van der Waals surface area contributed by atoms with Gasteiger partial charge in [0, 0.05) is 37.8 Å². The van der Waals surface area contributed by atoms with Crippen molar-refractivity contribution < 1.29 is 23.8 Å². The normalized spacial score (nSPS) is 23.7. The number of hydrogen-bond acceptors (Lipinski definition) is 5. The van der Waals surface area contributed by atoms with Crippen molar-refractivity contribution in [1.29, 1.82) is 0 Å². The van der Waals surface area contributed by atoms with Crippen LogP contribution in [0.1, 0.15) is 13.3 Å². The van der Waals surface area contributed by atoms with Crippen LogP contribution in [0.4, 0.5) is 5.69 Å². The lowest BCUT2D eigenvalue weighted by atomic mass is 10.1. The molecule has 2 aliphatic rings. The van der Waals surface area contributed by atoms with Crippen molar-refractivity contribution in [3.63, 3.8) is 0 Å². The van der Waals surface area contributed by atoms with E-state index in [0.717, 1.165) is 0 Å². The molecule has 2 atom stereocenters. The van der Waals surface area contributed by atoms with Gasteiger partial charge < -0.3 is 24.0 Å². The summed E-state index contributed by atoms with van der Waals surface area (Å²) < 4.78 is 16.0. The SMILES string of the molecule is COc1ccc(N2C[C@H](C(=O)N3CCO[C@@H](C)C3)CC2=O)cc1OC. The van der Waals surface area contributed by atoms with E-state index in [-0.39, 0.29) is 30.3 Å². The molecule has 0 aromatic heterocycles. The predicted octanol–water partition coefficient (Wildman–Crippen LogP) is 1.30. The quantitative estimate of drug-likeness (QED) is 0.820. The minimum atomic E-state index is -0.314. The second kappa shape index (κ2) is 7.31. The number of carbonyl (C=O) groups excluding carboxylic acids is 2. The maximum Gasteiger partial charge on any atom is 0.228 e. The van der Waals surface area contributed by atoms with E-state index in [0.29, 0.717) is 43.4 Å². The van der Waals surface area contributed by atoms with Crippen LogP contribution in [-0.2, 0) is 14.3 Å². The third-order valence-electron chi connectivity index (χ3n) is 4.71. The molecular weight excluding hydrogens is 324 g/mol. The number of methoxy groups -OCH3 is 2. The van der Waals surface area contributed by atoms with E-state index in [4.69, 9.17) is 14.2 Å². The molecule has 0 spiro atoms. The molecule has 0 N–H and O–H groups in total. The van der Waals surface area contributed by atoms with E-state index < -0.39 is 0 Å². The smallest absolute Gasteiger partial charge is 0.228 e. The predicted molar refractivity (Wildman–Crippen MR) is 92.0 cm³/mol. The van der Waals surface area contributed by atoms with E-state index in [1.807, 2.05) is 17.9 Å². The van der Waals surface area contributed by atoms with Crippen molar-refractivity contribution in [3.8, 4) is 11.5 Å². The van der Waals surface area contributed by atoms with E-state index in [1.54, 1.807) is 31.3 Å². The molecule has 7 nitrogen and oxygen atoms in total. The molecule has 0 saturated carbocycles. The van der Waals surface area contributed by atoms with Crippen LogP contribution in [0.25, 0.3) is 0 Å². The summed E-state index contributed by atoms with van der Waals surface area (Å²) in [5.41, 5.74) is 0.716. The molecule has 3 rings (SSSR count). The highest BCUT2D eigenvalue weighted by Gasteiger charge is 2.38. The Morgan fingerprint density at radius 3 is 2.64 bits per heavy atom. The molecule has 7 heteroatoms. The van der Waals surface area contributed by atoms with Gasteiger partial charge in [-0.1, -0.05) is 0 Å². The highest BCUT2D eigenvalue weighted by molar-refractivity contribution is 6.00. The Labute approximate surface area is 147 Å². The summed E-state index contributed by atoms with van der Waals surface area (Å²) in [6.45, 7) is 4.06. The number of hydrogen-bond donors (Lipinski definition) is 0. The molecule has 136 valence electrons. The van der Waals surface area contributed by atoms with Gasteiger partial charge in [-0.05, 0) is 19.1 Å². The Kier molecular flexibility index (Phi) is 5.13. The maximum absolute atomic E-state index is 12.7. The number of benzene rings is 1. The third kappa shape index (κ3) is 3.56. The van der Waals surface area contributed by atoms with Crippen molar-refractivity contribution in [2.45, 2.75) is 19.4 Å². The van der Waals surface area contributed by atoms with Crippen LogP contribution < -0.4 is 14.4 Å². The van der Waals surface area contributed by atoms with Crippen LogP contribution in [0.5, 0.6) is 11.5 Å². The average molecular weight is 348 g/mol. The zero-order chi connectivity index (χ0) is 18.0. The lowest BCUT2D eigenvalue weighted by Crippen LogP contribution is -2.47. The van der Waals surface area contributed by atoms with Crippen molar-refractivity contribution in [3.05, 3.63) is 18.2 Å². The number of carbonyl (C=O) groups is 2. The maximum atomic E-state index is 12.7. The first-order chi connectivity index (χ1) is 12.0. The van der Waals surface area contributed by atoms with Crippen molar-refractivity contribution >= 4 is 17.5 Å². The number of nitrogens with zero attached hydrogens (tertiary/aromatic N) is 2. The molecule has 0 radical (unpaired) electrons. The Bertz CT molecular complexity index is 663. The molecule has 25 heavy (non-hydrogen) atoms. The van der Waals surface area contributed by atoms with Crippen LogP contribution in [0.2, 0.25) is 0 Å². The molecule has 0 bridgehead atoms. The lowest BCUT2D eigenvalue weighted by Gasteiger charge is -2.32. The van der Waals surface area contributed by atoms with Crippen LogP contribution in [0, 0.1) is 5.92 Å². The van der Waals surface area contributed by atoms with Gasteiger partial charge in [0.2, 0.25) is 11.8 Å². The molecule has 2 heterocycles. The zero-order valence-electron chi connectivity index (χ0n) is 14.9. The topological polar surface area (TPSA) is 68.3 Å². The van der Waals surface area contributed by atoms with Gasteiger partial charge in [-0.25, -0.2) is 0 Å². The van der Waals surface area contributed by atoms with Gasteiger partial charge >= 0.3 is 0 Å². The van der Waals surface area contributed by atoms with Gasteiger partial charge in [-0.3, -0.25) is 9.59 Å². The minimum absolute atomic E-state index is 0.0338. The van der Waals surface area contributed by atoms with E-state index in [2.05, 4.69) is 0 Å². The number of ether oxygens (including phenoxy) is 3. The standard InChI is InChI=1S/C18H24N2O5/c1-12-10-19(6-7-25-12)18(22)13-8-17(21)20(11-13)14-4-5-15(23-2)16(9-14)24-3/h4-5,9,12-13H,6-8,10-11H2,1-3H3/t12-,13+/m0/s1. The molecule has 2 aliphatic heterocycles. The Balaban J connectivity index is 1.73. The van der Waals surface area contributed by atoms with Crippen molar-refractivity contribution in [2.24, 2.45) is 5.92 Å². The molecule has 0 aliphatic carbocycles. The molecule has 2 amide bonds. The van der Waals surface area contributed by atoms with Gasteiger partial charge in [0.1, 0.15) is 0 Å². The Morgan fingerprint density at radius 2 is 1.96 bits per heavy atom. The fourth-order valence-electron chi connectivity index (χ4n) is 3.39. The molecule has 1 aromatic carbocycles. The largest absolute Gasteiger partial charge is 0.493 e. The fourth-order valence-corrected chi connectivity index (χ4v) is 3.39. The minimum Gasteiger partial charge on any atom is -0.493 e. The Morgan fingerprint density at radius 1 is 1.20 bits per heavy atom. The van der Waals surface area contributed by atoms with Gasteiger partial charge in [-0.15, -0.1) is 0 Å². The summed E-state index contributed by atoms with van der Waals surface area (Å²) in [7, 11) is 3.12. The van der Waals surface area contributed by atoms with Crippen LogP contribution in [0.3, 0.4) is 0 Å². The first kappa shape index (κ1) is 17.5. The first-order valence-corrected chi connectivity index (χ1v) is 8.46. The number of amides is 2. The van der Waals surface area contributed by atoms with Crippen LogP contribution >= 0.6 is 0 Å². The summed E-state index contributed by atoms with van der Waals surface area (Å²) in [6, 6.07) is 5.34. The summed E-state index contributed by atoms with van der Waals surface area (Å²) in [5, 5.41) is 0. The van der Waals surface area contributed by atoms with E-state index >= 15 is 0 Å². The van der Waals surface area contributed by atoms with Gasteiger partial charge in [0.05, 0.1) is 32.8 Å². The average Bonchev–Trinajstić information content (AvgIpc) is 3.02. The molecular formula is C18H24N2O5. The number of morpholine rings is 1. The lowest BCUT2D eigenvalue weighted by molar-refractivity contribution is -0.142.